The molecular weight excluding hydrogens is 336 g/mol. The van der Waals surface area contributed by atoms with Crippen molar-refractivity contribution in [1.29, 1.82) is 0 Å². The highest BCUT2D eigenvalue weighted by atomic mass is 79.9. The van der Waals surface area contributed by atoms with Crippen molar-refractivity contribution in [1.82, 2.24) is 10.3 Å². The van der Waals surface area contributed by atoms with Gasteiger partial charge in [0, 0.05) is 33.0 Å². The lowest BCUT2D eigenvalue weighted by Crippen LogP contribution is -2.32. The van der Waals surface area contributed by atoms with E-state index >= 15 is 0 Å². The number of hydrogen-bond acceptors (Lipinski definition) is 4. The summed E-state index contributed by atoms with van der Waals surface area (Å²) in [5, 5.41) is 5.68. The SMILES string of the molecule is CCNC(Cc1ccc(OC)nc1)Cc1cc(Br)cs1. The van der Waals surface area contributed by atoms with Gasteiger partial charge in [-0.25, -0.2) is 4.98 Å². The van der Waals surface area contributed by atoms with Gasteiger partial charge in [0.05, 0.1) is 7.11 Å². The van der Waals surface area contributed by atoms with E-state index in [4.69, 9.17) is 4.74 Å². The minimum Gasteiger partial charge on any atom is -0.481 e. The quantitative estimate of drug-likeness (QED) is 0.823. The number of rotatable bonds is 7. The molecular formula is C15H19BrN2OS. The molecule has 1 atom stereocenters. The van der Waals surface area contributed by atoms with Crippen LogP contribution in [-0.2, 0) is 12.8 Å². The van der Waals surface area contributed by atoms with Crippen molar-refractivity contribution in [2.45, 2.75) is 25.8 Å². The fourth-order valence-corrected chi connectivity index (χ4v) is 3.68. The van der Waals surface area contributed by atoms with Gasteiger partial charge in [0.1, 0.15) is 0 Å². The molecule has 0 saturated carbocycles. The van der Waals surface area contributed by atoms with Crippen LogP contribution in [0.1, 0.15) is 17.4 Å². The van der Waals surface area contributed by atoms with E-state index in [1.54, 1.807) is 18.4 Å². The summed E-state index contributed by atoms with van der Waals surface area (Å²) in [6.45, 7) is 3.12. The molecule has 0 amide bonds. The Morgan fingerprint density at radius 2 is 2.25 bits per heavy atom. The highest BCUT2D eigenvalue weighted by molar-refractivity contribution is 9.10. The van der Waals surface area contributed by atoms with Gasteiger partial charge < -0.3 is 10.1 Å². The summed E-state index contributed by atoms with van der Waals surface area (Å²) in [6.07, 6.45) is 3.91. The fourth-order valence-electron chi connectivity index (χ4n) is 2.15. The third-order valence-corrected chi connectivity index (χ3v) is 4.77. The number of halogens is 1. The molecule has 1 N–H and O–H groups in total. The second kappa shape index (κ2) is 7.76. The molecule has 0 bridgehead atoms. The second-order valence-electron chi connectivity index (χ2n) is 4.60. The molecule has 0 spiro atoms. The molecule has 5 heteroatoms. The molecule has 0 aromatic carbocycles. The van der Waals surface area contributed by atoms with E-state index in [0.29, 0.717) is 11.9 Å². The van der Waals surface area contributed by atoms with E-state index < -0.39 is 0 Å². The average Bonchev–Trinajstić information content (AvgIpc) is 2.85. The smallest absolute Gasteiger partial charge is 0.212 e. The zero-order valence-corrected chi connectivity index (χ0v) is 14.1. The summed E-state index contributed by atoms with van der Waals surface area (Å²) in [4.78, 5) is 5.66. The number of hydrogen-bond donors (Lipinski definition) is 1. The first-order valence-corrected chi connectivity index (χ1v) is 8.33. The van der Waals surface area contributed by atoms with Crippen LogP contribution in [0.5, 0.6) is 5.88 Å². The van der Waals surface area contributed by atoms with Gasteiger partial charge in [-0.2, -0.15) is 0 Å². The molecule has 0 aliphatic rings. The van der Waals surface area contributed by atoms with Crippen molar-refractivity contribution in [3.05, 3.63) is 44.7 Å². The Hall–Kier alpha value is -0.910. The predicted molar refractivity (Wildman–Crippen MR) is 87.7 cm³/mol. The van der Waals surface area contributed by atoms with E-state index in [-0.39, 0.29) is 0 Å². The zero-order valence-electron chi connectivity index (χ0n) is 11.7. The molecule has 1 unspecified atom stereocenters. The number of pyridine rings is 1. The highest BCUT2D eigenvalue weighted by Crippen LogP contribution is 2.22. The van der Waals surface area contributed by atoms with E-state index in [9.17, 15) is 0 Å². The van der Waals surface area contributed by atoms with E-state index in [1.165, 1.54) is 14.9 Å². The molecule has 108 valence electrons. The first kappa shape index (κ1) is 15.5. The summed E-state index contributed by atoms with van der Waals surface area (Å²) in [5.41, 5.74) is 1.23. The molecule has 0 aliphatic carbocycles. The van der Waals surface area contributed by atoms with Gasteiger partial charge in [-0.15, -0.1) is 11.3 Å². The Morgan fingerprint density at radius 1 is 1.40 bits per heavy atom. The van der Waals surface area contributed by atoms with Crippen molar-refractivity contribution in [3.8, 4) is 5.88 Å². The molecule has 0 fully saturated rings. The Labute approximate surface area is 132 Å². The van der Waals surface area contributed by atoms with E-state index in [2.05, 4.69) is 50.7 Å². The Bertz CT molecular complexity index is 527. The molecule has 0 saturated heterocycles. The maximum atomic E-state index is 5.09. The molecule has 20 heavy (non-hydrogen) atoms. The highest BCUT2D eigenvalue weighted by Gasteiger charge is 2.11. The van der Waals surface area contributed by atoms with Crippen LogP contribution in [-0.4, -0.2) is 24.7 Å². The van der Waals surface area contributed by atoms with Crippen LogP contribution >= 0.6 is 27.3 Å². The van der Waals surface area contributed by atoms with Crippen molar-refractivity contribution in [2.24, 2.45) is 0 Å². The Kier molecular flexibility index (Phi) is 6.01. The van der Waals surface area contributed by atoms with Gasteiger partial charge in [0.25, 0.3) is 0 Å². The van der Waals surface area contributed by atoms with E-state index in [1.807, 2.05) is 12.3 Å². The third kappa shape index (κ3) is 4.58. The van der Waals surface area contributed by atoms with Gasteiger partial charge in [-0.05, 0) is 46.9 Å². The number of ether oxygens (including phenoxy) is 1. The Balaban J connectivity index is 2.00. The van der Waals surface area contributed by atoms with E-state index in [0.717, 1.165) is 19.4 Å². The normalized spacial score (nSPS) is 12.3. The van der Waals surface area contributed by atoms with Gasteiger partial charge in [-0.1, -0.05) is 13.0 Å². The number of methoxy groups -OCH3 is 1. The van der Waals surface area contributed by atoms with Gasteiger partial charge in [-0.3, -0.25) is 0 Å². The monoisotopic (exact) mass is 354 g/mol. The van der Waals surface area contributed by atoms with Crippen LogP contribution in [0.25, 0.3) is 0 Å². The molecule has 2 rings (SSSR count). The summed E-state index contributed by atoms with van der Waals surface area (Å²) >= 11 is 5.31. The van der Waals surface area contributed by atoms with Crippen molar-refractivity contribution >= 4 is 27.3 Å². The maximum Gasteiger partial charge on any atom is 0.212 e. The number of aromatic nitrogens is 1. The van der Waals surface area contributed by atoms with Crippen LogP contribution in [0.4, 0.5) is 0 Å². The number of likely N-dealkylation sites (N-methyl/N-ethyl adjacent to an activating group) is 1. The predicted octanol–water partition coefficient (Wildman–Crippen LogP) is 3.68. The molecule has 0 aliphatic heterocycles. The second-order valence-corrected chi connectivity index (χ2v) is 6.51. The maximum absolute atomic E-state index is 5.09. The summed E-state index contributed by atoms with van der Waals surface area (Å²) in [7, 11) is 1.64. The van der Waals surface area contributed by atoms with Crippen LogP contribution < -0.4 is 10.1 Å². The Morgan fingerprint density at radius 3 is 2.80 bits per heavy atom. The summed E-state index contributed by atoms with van der Waals surface area (Å²) in [6, 6.07) is 6.63. The van der Waals surface area contributed by atoms with Crippen LogP contribution in [0, 0.1) is 0 Å². The average molecular weight is 355 g/mol. The topological polar surface area (TPSA) is 34.1 Å². The van der Waals surface area contributed by atoms with Crippen molar-refractivity contribution in [2.75, 3.05) is 13.7 Å². The third-order valence-electron chi connectivity index (χ3n) is 3.05. The number of nitrogens with zero attached hydrogens (tertiary/aromatic N) is 1. The lowest BCUT2D eigenvalue weighted by atomic mass is 10.0. The van der Waals surface area contributed by atoms with Crippen molar-refractivity contribution in [3.63, 3.8) is 0 Å². The van der Waals surface area contributed by atoms with Gasteiger partial charge >= 0.3 is 0 Å². The summed E-state index contributed by atoms with van der Waals surface area (Å²) < 4.78 is 6.26. The molecule has 3 nitrogen and oxygen atoms in total. The fraction of sp³-hybridized carbons (Fsp3) is 0.400. The first-order valence-electron chi connectivity index (χ1n) is 6.66. The van der Waals surface area contributed by atoms with Crippen molar-refractivity contribution < 1.29 is 4.74 Å². The minimum absolute atomic E-state index is 0.431. The first-order chi connectivity index (χ1) is 9.71. The number of nitrogens with one attached hydrogen (secondary N) is 1. The molecule has 0 radical (unpaired) electrons. The van der Waals surface area contributed by atoms with Gasteiger partial charge in [0.2, 0.25) is 5.88 Å². The lowest BCUT2D eigenvalue weighted by molar-refractivity contribution is 0.397. The largest absolute Gasteiger partial charge is 0.481 e. The van der Waals surface area contributed by atoms with Crippen LogP contribution in [0.15, 0.2) is 34.2 Å². The minimum atomic E-state index is 0.431. The zero-order chi connectivity index (χ0) is 14.4. The standard InChI is InChI=1S/C15H19BrN2OS/c1-3-17-13(8-14-7-12(16)10-20-14)6-11-4-5-15(19-2)18-9-11/h4-5,7,9-10,13,17H,3,6,8H2,1-2H3. The molecule has 2 aromatic rings. The summed E-state index contributed by atoms with van der Waals surface area (Å²) in [5.74, 6) is 0.663. The number of thiophene rings is 1. The lowest BCUT2D eigenvalue weighted by Gasteiger charge is -2.17. The van der Waals surface area contributed by atoms with Crippen LogP contribution in [0.3, 0.4) is 0 Å². The molecule has 2 heterocycles. The van der Waals surface area contributed by atoms with Gasteiger partial charge in [0.15, 0.2) is 0 Å². The molecule has 2 aromatic heterocycles. The van der Waals surface area contributed by atoms with Crippen LogP contribution in [0.2, 0.25) is 0 Å².